The van der Waals surface area contributed by atoms with E-state index in [9.17, 15) is 8.78 Å². The van der Waals surface area contributed by atoms with Crippen LogP contribution in [0.2, 0.25) is 0 Å². The largest absolute Gasteiger partial charge is 0.324 e. The van der Waals surface area contributed by atoms with Crippen LogP contribution in [0.4, 0.5) is 8.78 Å². The Labute approximate surface area is 119 Å². The molecule has 0 aliphatic carbocycles. The highest BCUT2D eigenvalue weighted by Gasteiger charge is 2.14. The lowest BCUT2D eigenvalue weighted by molar-refractivity contribution is 0.578. The minimum Gasteiger partial charge on any atom is -0.324 e. The molecule has 2 aromatic carbocycles. The van der Waals surface area contributed by atoms with Gasteiger partial charge in [-0.05, 0) is 42.7 Å². The molecule has 1 nitrogen and oxygen atoms in total. The van der Waals surface area contributed by atoms with Gasteiger partial charge in [-0.3, -0.25) is 0 Å². The maximum atomic E-state index is 13.8. The Bertz CT molecular complexity index is 599. The Balaban J connectivity index is 2.23. The van der Waals surface area contributed by atoms with Crippen LogP contribution in [0, 0.1) is 18.6 Å². The van der Waals surface area contributed by atoms with Crippen molar-refractivity contribution in [2.75, 3.05) is 0 Å². The van der Waals surface area contributed by atoms with Crippen molar-refractivity contribution >= 4 is 15.9 Å². The van der Waals surface area contributed by atoms with Gasteiger partial charge in [0.05, 0.1) is 0 Å². The first-order valence-corrected chi connectivity index (χ1v) is 6.72. The highest BCUT2D eigenvalue weighted by atomic mass is 79.9. The molecule has 2 N–H and O–H groups in total. The number of halogens is 3. The molecule has 2 rings (SSSR count). The zero-order valence-electron chi connectivity index (χ0n) is 10.5. The second kappa shape index (κ2) is 5.80. The quantitative estimate of drug-likeness (QED) is 0.895. The van der Waals surface area contributed by atoms with Crippen molar-refractivity contribution in [2.45, 2.75) is 19.4 Å². The van der Waals surface area contributed by atoms with E-state index in [0.29, 0.717) is 16.5 Å². The van der Waals surface area contributed by atoms with Gasteiger partial charge in [-0.25, -0.2) is 8.78 Å². The first-order valence-electron chi connectivity index (χ1n) is 5.93. The van der Waals surface area contributed by atoms with Gasteiger partial charge < -0.3 is 5.73 Å². The molecule has 0 saturated carbocycles. The molecule has 0 bridgehead atoms. The van der Waals surface area contributed by atoms with Crippen LogP contribution in [-0.4, -0.2) is 0 Å². The topological polar surface area (TPSA) is 26.0 Å². The van der Waals surface area contributed by atoms with E-state index in [2.05, 4.69) is 15.9 Å². The zero-order valence-corrected chi connectivity index (χ0v) is 12.0. The minimum atomic E-state index is -0.456. The van der Waals surface area contributed by atoms with Crippen LogP contribution in [0.3, 0.4) is 0 Å². The number of hydrogen-bond donors (Lipinski definition) is 1. The second-order valence-corrected chi connectivity index (χ2v) is 5.43. The zero-order chi connectivity index (χ0) is 14.0. The van der Waals surface area contributed by atoms with Gasteiger partial charge in [0.1, 0.15) is 11.6 Å². The first kappa shape index (κ1) is 14.2. The van der Waals surface area contributed by atoms with Gasteiger partial charge in [0, 0.05) is 16.1 Å². The summed E-state index contributed by atoms with van der Waals surface area (Å²) in [6.07, 6.45) is 0.445. The van der Waals surface area contributed by atoms with Crippen LogP contribution in [0.1, 0.15) is 22.7 Å². The Morgan fingerprint density at radius 2 is 1.89 bits per heavy atom. The summed E-state index contributed by atoms with van der Waals surface area (Å²) in [6, 6.07) is 8.96. The van der Waals surface area contributed by atoms with Crippen LogP contribution in [0.15, 0.2) is 40.9 Å². The Hall–Kier alpha value is -1.26. The van der Waals surface area contributed by atoms with Gasteiger partial charge >= 0.3 is 0 Å². The van der Waals surface area contributed by atoms with E-state index < -0.39 is 6.04 Å². The van der Waals surface area contributed by atoms with Crippen LogP contribution in [-0.2, 0) is 6.42 Å². The molecule has 0 heterocycles. The minimum absolute atomic E-state index is 0.300. The highest BCUT2D eigenvalue weighted by molar-refractivity contribution is 9.10. The maximum absolute atomic E-state index is 13.8. The third kappa shape index (κ3) is 3.39. The summed E-state index contributed by atoms with van der Waals surface area (Å²) in [5, 5.41) is 0. The van der Waals surface area contributed by atoms with E-state index >= 15 is 0 Å². The van der Waals surface area contributed by atoms with Gasteiger partial charge in [0.2, 0.25) is 0 Å². The van der Waals surface area contributed by atoms with E-state index in [1.54, 1.807) is 12.1 Å². The van der Waals surface area contributed by atoms with Crippen LogP contribution in [0.5, 0.6) is 0 Å². The van der Waals surface area contributed by atoms with Crippen molar-refractivity contribution < 1.29 is 8.78 Å². The van der Waals surface area contributed by atoms with E-state index in [1.165, 1.54) is 18.2 Å². The number of benzene rings is 2. The molecule has 0 aliphatic heterocycles. The van der Waals surface area contributed by atoms with E-state index in [-0.39, 0.29) is 11.6 Å². The lowest BCUT2D eigenvalue weighted by Gasteiger charge is -2.14. The third-order valence-corrected chi connectivity index (χ3v) is 3.75. The molecule has 4 heteroatoms. The first-order chi connectivity index (χ1) is 8.97. The number of rotatable bonds is 3. The fourth-order valence-corrected chi connectivity index (χ4v) is 2.48. The summed E-state index contributed by atoms with van der Waals surface area (Å²) >= 11 is 3.29. The smallest absolute Gasteiger partial charge is 0.128 e. The van der Waals surface area contributed by atoms with Crippen molar-refractivity contribution in [1.29, 1.82) is 0 Å². The number of nitrogens with two attached hydrogens (primary N) is 1. The monoisotopic (exact) mass is 325 g/mol. The molecule has 0 radical (unpaired) electrons. The van der Waals surface area contributed by atoms with Crippen molar-refractivity contribution in [2.24, 2.45) is 5.73 Å². The van der Waals surface area contributed by atoms with Gasteiger partial charge in [-0.1, -0.05) is 34.1 Å². The van der Waals surface area contributed by atoms with Gasteiger partial charge in [-0.15, -0.1) is 0 Å². The molecule has 0 spiro atoms. The van der Waals surface area contributed by atoms with Crippen molar-refractivity contribution in [1.82, 2.24) is 0 Å². The van der Waals surface area contributed by atoms with Gasteiger partial charge in [0.15, 0.2) is 0 Å². The predicted molar refractivity (Wildman–Crippen MR) is 75.9 cm³/mol. The Morgan fingerprint density at radius 1 is 1.16 bits per heavy atom. The van der Waals surface area contributed by atoms with Gasteiger partial charge in [0.25, 0.3) is 0 Å². The van der Waals surface area contributed by atoms with Crippen molar-refractivity contribution in [3.8, 4) is 0 Å². The molecular weight excluding hydrogens is 312 g/mol. The average Bonchev–Trinajstić information content (AvgIpc) is 2.32. The number of aryl methyl sites for hydroxylation is 1. The lowest BCUT2D eigenvalue weighted by atomic mass is 9.98. The lowest BCUT2D eigenvalue weighted by Crippen LogP contribution is -2.15. The summed E-state index contributed by atoms with van der Waals surface area (Å²) in [4.78, 5) is 0. The van der Waals surface area contributed by atoms with E-state index in [0.717, 1.165) is 11.1 Å². The van der Waals surface area contributed by atoms with Crippen LogP contribution < -0.4 is 5.73 Å². The van der Waals surface area contributed by atoms with Crippen LogP contribution in [0.25, 0.3) is 0 Å². The summed E-state index contributed by atoms with van der Waals surface area (Å²) in [6.45, 7) is 1.83. The normalized spacial score (nSPS) is 12.5. The molecule has 2 aromatic rings. The van der Waals surface area contributed by atoms with Crippen molar-refractivity contribution in [3.63, 3.8) is 0 Å². The molecule has 0 fully saturated rings. The van der Waals surface area contributed by atoms with E-state index in [1.807, 2.05) is 13.0 Å². The van der Waals surface area contributed by atoms with Crippen LogP contribution >= 0.6 is 15.9 Å². The maximum Gasteiger partial charge on any atom is 0.128 e. The highest BCUT2D eigenvalue weighted by Crippen LogP contribution is 2.25. The van der Waals surface area contributed by atoms with Gasteiger partial charge in [-0.2, -0.15) is 0 Å². The molecule has 0 aliphatic rings. The Morgan fingerprint density at radius 3 is 2.53 bits per heavy atom. The molecule has 1 atom stereocenters. The molecule has 0 amide bonds. The molecule has 100 valence electrons. The molecular formula is C15H14BrF2N. The number of hydrogen-bond acceptors (Lipinski definition) is 1. The summed E-state index contributed by atoms with van der Waals surface area (Å²) in [7, 11) is 0. The molecule has 0 aromatic heterocycles. The fourth-order valence-electron chi connectivity index (χ4n) is 1.97. The fraction of sp³-hybridized carbons (Fsp3) is 0.200. The Kier molecular flexibility index (Phi) is 4.32. The summed E-state index contributed by atoms with van der Waals surface area (Å²) in [5.41, 5.74) is 8.22. The second-order valence-electron chi connectivity index (χ2n) is 4.57. The molecule has 19 heavy (non-hydrogen) atoms. The SMILES string of the molecule is Cc1ccc(C(N)Cc2ccc(F)cc2Br)c(F)c1. The summed E-state index contributed by atoms with van der Waals surface area (Å²) < 4.78 is 27.5. The molecule has 0 saturated heterocycles. The molecule has 1 unspecified atom stereocenters. The standard InChI is InChI=1S/C15H14BrF2N/c1-9-2-5-12(14(18)6-9)15(19)7-10-3-4-11(17)8-13(10)16/h2-6,8,15H,7,19H2,1H3. The average molecular weight is 326 g/mol. The third-order valence-electron chi connectivity index (χ3n) is 3.01. The van der Waals surface area contributed by atoms with E-state index in [4.69, 9.17) is 5.73 Å². The van der Waals surface area contributed by atoms with Crippen molar-refractivity contribution in [3.05, 3.63) is 69.2 Å². The predicted octanol–water partition coefficient (Wildman–Crippen LogP) is 4.28. The summed E-state index contributed by atoms with van der Waals surface area (Å²) in [5.74, 6) is -0.614.